The van der Waals surface area contributed by atoms with Crippen LogP contribution in [0.25, 0.3) is 16.9 Å². The lowest BCUT2D eigenvalue weighted by molar-refractivity contribution is 0.407. The van der Waals surface area contributed by atoms with Gasteiger partial charge in [0.15, 0.2) is 5.82 Å². The summed E-state index contributed by atoms with van der Waals surface area (Å²) in [5.74, 6) is -0.252. The number of aromatic nitrogens is 3. The first kappa shape index (κ1) is 19.8. The van der Waals surface area contributed by atoms with Gasteiger partial charge >= 0.3 is 0 Å². The average Bonchev–Trinajstić information content (AvgIpc) is 3.23. The van der Waals surface area contributed by atoms with Crippen LogP contribution in [0.2, 0.25) is 0 Å². The molecule has 0 aliphatic rings. The number of nitrogens with zero attached hydrogens (tertiary/aromatic N) is 3. The van der Waals surface area contributed by atoms with Gasteiger partial charge in [0, 0.05) is 5.56 Å². The lowest BCUT2D eigenvalue weighted by Gasteiger charge is -2.09. The molecule has 4 rings (SSSR count). The molecule has 0 atom stereocenters. The molecule has 0 bridgehead atoms. The number of benzene rings is 3. The molecule has 0 aliphatic carbocycles. The van der Waals surface area contributed by atoms with E-state index < -0.39 is 15.7 Å². The molecule has 30 heavy (non-hydrogen) atoms. The maximum Gasteiger partial charge on any atom is 0.207 e. The molecule has 4 aromatic rings. The zero-order chi connectivity index (χ0) is 21.3. The second-order valence-electron chi connectivity index (χ2n) is 6.65. The number of para-hydroxylation sites is 1. The van der Waals surface area contributed by atoms with Gasteiger partial charge in [-0.05, 0) is 37.3 Å². The lowest BCUT2D eigenvalue weighted by atomic mass is 10.2. The molecule has 0 saturated carbocycles. The van der Waals surface area contributed by atoms with E-state index in [9.17, 15) is 12.8 Å². The molecular formula is C22H18FN3O3S. The fourth-order valence-corrected chi connectivity index (χ4v) is 4.60. The van der Waals surface area contributed by atoms with Gasteiger partial charge in [0.25, 0.3) is 0 Å². The topological polar surface area (TPSA) is 74.1 Å². The second-order valence-corrected chi connectivity index (χ2v) is 8.57. The molecule has 0 amide bonds. The predicted molar refractivity (Wildman–Crippen MR) is 110 cm³/mol. The number of halogens is 1. The highest BCUT2D eigenvalue weighted by Gasteiger charge is 2.23. The summed E-state index contributed by atoms with van der Waals surface area (Å²) in [4.78, 5) is 0.283. The smallest absolute Gasteiger partial charge is 0.207 e. The molecule has 3 aromatic carbocycles. The van der Waals surface area contributed by atoms with Crippen molar-refractivity contribution in [1.82, 2.24) is 15.0 Å². The van der Waals surface area contributed by atoms with Gasteiger partial charge in [-0.2, -0.15) is 0 Å². The van der Waals surface area contributed by atoms with Gasteiger partial charge in [-0.15, -0.1) is 5.10 Å². The van der Waals surface area contributed by atoms with Gasteiger partial charge in [-0.25, -0.2) is 17.5 Å². The summed E-state index contributed by atoms with van der Waals surface area (Å²) < 4.78 is 47.3. The van der Waals surface area contributed by atoms with Crippen LogP contribution in [0.3, 0.4) is 0 Å². The van der Waals surface area contributed by atoms with Gasteiger partial charge in [0.2, 0.25) is 9.84 Å². The zero-order valence-corrected chi connectivity index (χ0v) is 17.1. The first-order valence-electron chi connectivity index (χ1n) is 9.08. The number of hydrogen-bond donors (Lipinski definition) is 0. The number of methoxy groups -OCH3 is 1. The van der Waals surface area contributed by atoms with E-state index in [1.807, 2.05) is 6.92 Å². The van der Waals surface area contributed by atoms with Crippen molar-refractivity contribution in [2.75, 3.05) is 7.11 Å². The first-order chi connectivity index (χ1) is 14.4. The van der Waals surface area contributed by atoms with E-state index in [-0.39, 0.29) is 21.2 Å². The molecule has 8 heteroatoms. The highest BCUT2D eigenvalue weighted by atomic mass is 32.2. The van der Waals surface area contributed by atoms with Crippen LogP contribution in [0.5, 0.6) is 5.75 Å². The fraction of sp³-hybridized carbons (Fsp3) is 0.0909. The Morgan fingerprint density at radius 1 is 0.967 bits per heavy atom. The fourth-order valence-electron chi connectivity index (χ4n) is 3.14. The van der Waals surface area contributed by atoms with Gasteiger partial charge in [0.05, 0.1) is 23.1 Å². The summed E-state index contributed by atoms with van der Waals surface area (Å²) in [6, 6.07) is 17.6. The number of ether oxygens (including phenoxy) is 1. The Hall–Kier alpha value is -3.52. The minimum atomic E-state index is -3.79. The van der Waals surface area contributed by atoms with Gasteiger partial charge in [0.1, 0.15) is 17.1 Å². The van der Waals surface area contributed by atoms with Crippen LogP contribution >= 0.6 is 0 Å². The van der Waals surface area contributed by atoms with Crippen LogP contribution < -0.4 is 4.74 Å². The van der Waals surface area contributed by atoms with Crippen molar-refractivity contribution in [2.24, 2.45) is 0 Å². The SMILES string of the molecule is COc1cccc(F)c1-n1cc(-c2ccccc2S(=O)(=O)c2ccc(C)cc2)nn1. The van der Waals surface area contributed by atoms with Crippen LogP contribution in [0.15, 0.2) is 82.7 Å². The summed E-state index contributed by atoms with van der Waals surface area (Å²) in [6.45, 7) is 1.89. The third-order valence-electron chi connectivity index (χ3n) is 4.68. The second kappa shape index (κ2) is 7.72. The molecule has 0 unspecified atom stereocenters. The molecule has 1 heterocycles. The minimum absolute atomic E-state index is 0.0950. The number of rotatable bonds is 5. The van der Waals surface area contributed by atoms with Crippen molar-refractivity contribution in [3.05, 3.63) is 84.3 Å². The van der Waals surface area contributed by atoms with E-state index in [2.05, 4.69) is 10.3 Å². The maximum absolute atomic E-state index is 14.4. The van der Waals surface area contributed by atoms with Crippen LogP contribution in [0.4, 0.5) is 4.39 Å². The van der Waals surface area contributed by atoms with Gasteiger partial charge < -0.3 is 4.74 Å². The van der Waals surface area contributed by atoms with Crippen molar-refractivity contribution in [2.45, 2.75) is 16.7 Å². The predicted octanol–water partition coefficient (Wildman–Crippen LogP) is 4.22. The van der Waals surface area contributed by atoms with E-state index in [0.29, 0.717) is 11.3 Å². The van der Waals surface area contributed by atoms with E-state index in [1.165, 1.54) is 36.2 Å². The number of hydrogen-bond acceptors (Lipinski definition) is 5. The summed E-state index contributed by atoms with van der Waals surface area (Å²) in [5.41, 5.74) is 1.73. The number of aryl methyl sites for hydroxylation is 1. The Balaban J connectivity index is 1.83. The van der Waals surface area contributed by atoms with E-state index in [1.54, 1.807) is 48.5 Å². The Bertz CT molecular complexity index is 1320. The molecule has 1 aromatic heterocycles. The monoisotopic (exact) mass is 423 g/mol. The number of sulfone groups is 1. The molecular weight excluding hydrogens is 405 g/mol. The van der Waals surface area contributed by atoms with Crippen molar-refractivity contribution in [1.29, 1.82) is 0 Å². The summed E-state index contributed by atoms with van der Waals surface area (Å²) in [6.07, 6.45) is 1.48. The molecule has 0 saturated heterocycles. The summed E-state index contributed by atoms with van der Waals surface area (Å²) in [5, 5.41) is 8.08. The molecule has 0 spiro atoms. The quantitative estimate of drug-likeness (QED) is 0.480. The van der Waals surface area contributed by atoms with E-state index in [4.69, 9.17) is 4.74 Å². The van der Waals surface area contributed by atoms with Crippen LogP contribution in [0.1, 0.15) is 5.56 Å². The molecule has 0 fully saturated rings. The Morgan fingerprint density at radius 3 is 2.43 bits per heavy atom. The van der Waals surface area contributed by atoms with Crippen molar-refractivity contribution in [3.63, 3.8) is 0 Å². The zero-order valence-electron chi connectivity index (χ0n) is 16.3. The standard InChI is InChI=1S/C22H18FN3O3S/c1-15-10-12-16(13-11-15)30(27,28)21-9-4-3-6-17(21)19-14-26(25-24-19)22-18(23)7-5-8-20(22)29-2/h3-14H,1-2H3. The van der Waals surface area contributed by atoms with Crippen LogP contribution in [-0.4, -0.2) is 30.5 Å². The highest BCUT2D eigenvalue weighted by Crippen LogP contribution is 2.32. The molecule has 0 N–H and O–H groups in total. The Labute approximate surface area is 173 Å². The van der Waals surface area contributed by atoms with Gasteiger partial charge in [-0.1, -0.05) is 47.2 Å². The van der Waals surface area contributed by atoms with E-state index in [0.717, 1.165) is 5.56 Å². The maximum atomic E-state index is 14.4. The molecule has 0 radical (unpaired) electrons. The minimum Gasteiger partial charge on any atom is -0.494 e. The third kappa shape index (κ3) is 3.46. The summed E-state index contributed by atoms with van der Waals surface area (Å²) in [7, 11) is -2.36. The van der Waals surface area contributed by atoms with E-state index >= 15 is 0 Å². The highest BCUT2D eigenvalue weighted by molar-refractivity contribution is 7.91. The van der Waals surface area contributed by atoms with Crippen LogP contribution in [0, 0.1) is 12.7 Å². The summed E-state index contributed by atoms with van der Waals surface area (Å²) >= 11 is 0. The normalized spacial score (nSPS) is 11.4. The first-order valence-corrected chi connectivity index (χ1v) is 10.6. The molecule has 6 nitrogen and oxygen atoms in total. The Kier molecular flexibility index (Phi) is 5.09. The lowest BCUT2D eigenvalue weighted by Crippen LogP contribution is -2.04. The van der Waals surface area contributed by atoms with Crippen molar-refractivity contribution >= 4 is 9.84 Å². The molecule has 0 aliphatic heterocycles. The largest absolute Gasteiger partial charge is 0.494 e. The van der Waals surface area contributed by atoms with Crippen molar-refractivity contribution in [3.8, 4) is 22.7 Å². The third-order valence-corrected chi connectivity index (χ3v) is 6.50. The molecule has 152 valence electrons. The Morgan fingerprint density at radius 2 is 1.70 bits per heavy atom. The van der Waals surface area contributed by atoms with Crippen molar-refractivity contribution < 1.29 is 17.5 Å². The average molecular weight is 423 g/mol. The van der Waals surface area contributed by atoms with Gasteiger partial charge in [-0.3, -0.25) is 0 Å². The van der Waals surface area contributed by atoms with Crippen LogP contribution in [-0.2, 0) is 9.84 Å².